The summed E-state index contributed by atoms with van der Waals surface area (Å²) in [6, 6.07) is 9.75. The van der Waals surface area contributed by atoms with Crippen molar-refractivity contribution < 1.29 is 9.53 Å². The van der Waals surface area contributed by atoms with E-state index >= 15 is 0 Å². The van der Waals surface area contributed by atoms with Crippen molar-refractivity contribution in [3.63, 3.8) is 0 Å². The number of fused-ring (bicyclic) bond motifs is 1. The standard InChI is InChI=1S/C20H27N7O2/c1-25(2)20(28)27-10-13-9-26(17-8-16(21)23-19(22)24-17)11-15(13)18(27)12-4-6-14(29-3)7-5-12/h4-8,13,15,18H,9-11H2,1-3H3,(H4,21,22,23,24)/t13-,15-,18+/m1/s1. The average Bonchev–Trinajstić information content (AvgIpc) is 3.24. The van der Waals surface area contributed by atoms with E-state index < -0.39 is 0 Å². The van der Waals surface area contributed by atoms with Crippen LogP contribution in [0.5, 0.6) is 5.75 Å². The van der Waals surface area contributed by atoms with Crippen molar-refractivity contribution in [2.24, 2.45) is 11.8 Å². The molecule has 2 aliphatic rings. The fourth-order valence-corrected chi connectivity index (χ4v) is 4.55. The first kappa shape index (κ1) is 19.1. The van der Waals surface area contributed by atoms with Crippen LogP contribution in [-0.2, 0) is 0 Å². The molecule has 154 valence electrons. The van der Waals surface area contributed by atoms with Gasteiger partial charge in [0.25, 0.3) is 0 Å². The van der Waals surface area contributed by atoms with Gasteiger partial charge in [-0.3, -0.25) is 0 Å². The number of anilines is 3. The van der Waals surface area contributed by atoms with Crippen molar-refractivity contribution in [3.8, 4) is 5.75 Å². The summed E-state index contributed by atoms with van der Waals surface area (Å²) < 4.78 is 5.29. The third-order valence-corrected chi connectivity index (χ3v) is 5.82. The Morgan fingerprint density at radius 1 is 1.14 bits per heavy atom. The number of amides is 2. The van der Waals surface area contributed by atoms with Crippen LogP contribution in [0.1, 0.15) is 11.6 Å². The predicted molar refractivity (Wildman–Crippen MR) is 112 cm³/mol. The van der Waals surface area contributed by atoms with Crippen LogP contribution >= 0.6 is 0 Å². The van der Waals surface area contributed by atoms with E-state index in [0.29, 0.717) is 18.3 Å². The summed E-state index contributed by atoms with van der Waals surface area (Å²) in [5.41, 5.74) is 12.7. The molecule has 1 aromatic heterocycles. The minimum absolute atomic E-state index is 0.0117. The first-order chi connectivity index (χ1) is 13.9. The molecule has 0 bridgehead atoms. The maximum absolute atomic E-state index is 12.9. The van der Waals surface area contributed by atoms with Gasteiger partial charge in [0.2, 0.25) is 5.95 Å². The fraction of sp³-hybridized carbons (Fsp3) is 0.450. The Hall–Kier alpha value is -3.23. The highest BCUT2D eigenvalue weighted by Crippen LogP contribution is 2.46. The number of hydrogen-bond donors (Lipinski definition) is 2. The molecule has 2 fully saturated rings. The zero-order valence-corrected chi connectivity index (χ0v) is 16.9. The lowest BCUT2D eigenvalue weighted by atomic mass is 9.89. The second kappa shape index (κ2) is 7.31. The molecule has 9 heteroatoms. The van der Waals surface area contributed by atoms with Crippen molar-refractivity contribution in [1.82, 2.24) is 19.8 Å². The smallest absolute Gasteiger partial charge is 0.320 e. The molecule has 0 aliphatic carbocycles. The Kier molecular flexibility index (Phi) is 4.81. The lowest BCUT2D eigenvalue weighted by Gasteiger charge is -2.32. The van der Waals surface area contributed by atoms with Crippen molar-refractivity contribution >= 4 is 23.6 Å². The first-order valence-corrected chi connectivity index (χ1v) is 9.64. The van der Waals surface area contributed by atoms with E-state index in [-0.39, 0.29) is 23.9 Å². The van der Waals surface area contributed by atoms with E-state index in [1.807, 2.05) is 29.2 Å². The van der Waals surface area contributed by atoms with Gasteiger partial charge in [-0.2, -0.15) is 9.97 Å². The molecular weight excluding hydrogens is 370 g/mol. The number of hydrogen-bond acceptors (Lipinski definition) is 7. The predicted octanol–water partition coefficient (Wildman–Crippen LogP) is 1.44. The minimum atomic E-state index is -0.0117. The normalized spacial score (nSPS) is 23.2. The highest BCUT2D eigenvalue weighted by molar-refractivity contribution is 5.75. The number of urea groups is 1. The zero-order valence-electron chi connectivity index (χ0n) is 16.9. The van der Waals surface area contributed by atoms with E-state index in [9.17, 15) is 4.79 Å². The van der Waals surface area contributed by atoms with Gasteiger partial charge in [0, 0.05) is 51.6 Å². The second-order valence-corrected chi connectivity index (χ2v) is 7.89. The number of carbonyl (C=O) groups is 1. The van der Waals surface area contributed by atoms with Gasteiger partial charge in [-0.15, -0.1) is 0 Å². The molecular formula is C20H27N7O2. The summed E-state index contributed by atoms with van der Waals surface area (Å²) in [6.45, 7) is 2.27. The number of nitrogens with two attached hydrogens (primary N) is 2. The number of nitrogens with zero attached hydrogens (tertiary/aromatic N) is 5. The Bertz CT molecular complexity index is 882. The van der Waals surface area contributed by atoms with Crippen LogP contribution in [0.15, 0.2) is 30.3 Å². The number of rotatable bonds is 3. The number of aromatic nitrogens is 2. The van der Waals surface area contributed by atoms with Gasteiger partial charge >= 0.3 is 6.03 Å². The molecule has 0 unspecified atom stereocenters. The van der Waals surface area contributed by atoms with Gasteiger partial charge in [-0.1, -0.05) is 12.1 Å². The summed E-state index contributed by atoms with van der Waals surface area (Å²) in [7, 11) is 5.23. The molecule has 9 nitrogen and oxygen atoms in total. The largest absolute Gasteiger partial charge is 0.497 e. The number of ether oxygens (including phenoxy) is 1. The quantitative estimate of drug-likeness (QED) is 0.805. The highest BCUT2D eigenvalue weighted by Gasteiger charge is 2.49. The maximum atomic E-state index is 12.9. The summed E-state index contributed by atoms with van der Waals surface area (Å²) in [4.78, 5) is 27.0. The Morgan fingerprint density at radius 3 is 2.48 bits per heavy atom. The molecule has 2 aromatic rings. The van der Waals surface area contributed by atoms with E-state index in [1.165, 1.54) is 0 Å². The van der Waals surface area contributed by atoms with Crippen LogP contribution in [0.4, 0.5) is 22.4 Å². The van der Waals surface area contributed by atoms with Crippen LogP contribution in [-0.4, -0.2) is 66.6 Å². The molecule has 4 N–H and O–H groups in total. The molecule has 4 rings (SSSR count). The molecule has 2 amide bonds. The summed E-state index contributed by atoms with van der Waals surface area (Å²) in [5, 5.41) is 0. The molecule has 3 heterocycles. The summed E-state index contributed by atoms with van der Waals surface area (Å²) >= 11 is 0. The third-order valence-electron chi connectivity index (χ3n) is 5.82. The number of benzene rings is 1. The van der Waals surface area contributed by atoms with Gasteiger partial charge in [-0.05, 0) is 17.7 Å². The average molecular weight is 397 g/mol. The number of likely N-dealkylation sites (tertiary alicyclic amines) is 1. The Balaban J connectivity index is 1.64. The van der Waals surface area contributed by atoms with E-state index in [4.69, 9.17) is 16.2 Å². The van der Waals surface area contributed by atoms with Crippen molar-refractivity contribution in [2.75, 3.05) is 57.2 Å². The van der Waals surface area contributed by atoms with Crippen LogP contribution in [0, 0.1) is 11.8 Å². The van der Waals surface area contributed by atoms with Crippen molar-refractivity contribution in [2.45, 2.75) is 6.04 Å². The zero-order chi connectivity index (χ0) is 20.7. The fourth-order valence-electron chi connectivity index (χ4n) is 4.55. The maximum Gasteiger partial charge on any atom is 0.320 e. The number of methoxy groups -OCH3 is 1. The van der Waals surface area contributed by atoms with Gasteiger partial charge in [0.15, 0.2) is 0 Å². The first-order valence-electron chi connectivity index (χ1n) is 9.64. The molecule has 0 saturated carbocycles. The molecule has 2 aliphatic heterocycles. The second-order valence-electron chi connectivity index (χ2n) is 7.89. The van der Waals surface area contributed by atoms with Crippen LogP contribution in [0.3, 0.4) is 0 Å². The molecule has 3 atom stereocenters. The van der Waals surface area contributed by atoms with Crippen molar-refractivity contribution in [1.29, 1.82) is 0 Å². The van der Waals surface area contributed by atoms with E-state index in [1.54, 1.807) is 32.2 Å². The molecule has 0 spiro atoms. The number of carbonyl (C=O) groups excluding carboxylic acids is 1. The number of nitrogen functional groups attached to an aromatic ring is 2. The van der Waals surface area contributed by atoms with Gasteiger partial charge in [0.1, 0.15) is 17.4 Å². The third kappa shape index (κ3) is 3.48. The molecule has 1 aromatic carbocycles. The minimum Gasteiger partial charge on any atom is -0.497 e. The topological polar surface area (TPSA) is 114 Å². The monoisotopic (exact) mass is 397 g/mol. The highest BCUT2D eigenvalue weighted by atomic mass is 16.5. The van der Waals surface area contributed by atoms with Gasteiger partial charge in [-0.25, -0.2) is 4.79 Å². The summed E-state index contributed by atoms with van der Waals surface area (Å²) in [6.07, 6.45) is 0. The van der Waals surface area contributed by atoms with E-state index in [0.717, 1.165) is 30.2 Å². The van der Waals surface area contributed by atoms with E-state index in [2.05, 4.69) is 14.9 Å². The Labute approximate surface area is 170 Å². The van der Waals surface area contributed by atoms with Crippen LogP contribution in [0.25, 0.3) is 0 Å². The SMILES string of the molecule is COc1ccc([C@H]2[C@@H]3CN(c4cc(N)nc(N)n4)C[C@@H]3CN2C(=O)N(C)C)cc1. The lowest BCUT2D eigenvalue weighted by Crippen LogP contribution is -2.41. The molecule has 29 heavy (non-hydrogen) atoms. The van der Waals surface area contributed by atoms with Crippen molar-refractivity contribution in [3.05, 3.63) is 35.9 Å². The van der Waals surface area contributed by atoms with Gasteiger partial charge < -0.3 is 30.9 Å². The molecule has 0 radical (unpaired) electrons. The summed E-state index contributed by atoms with van der Waals surface area (Å²) in [5.74, 6) is 2.69. The molecule has 2 saturated heterocycles. The van der Waals surface area contributed by atoms with Gasteiger partial charge in [0.05, 0.1) is 13.2 Å². The lowest BCUT2D eigenvalue weighted by molar-refractivity contribution is 0.159. The van der Waals surface area contributed by atoms with Crippen LogP contribution in [0.2, 0.25) is 0 Å². The van der Waals surface area contributed by atoms with Crippen LogP contribution < -0.4 is 21.1 Å². The Morgan fingerprint density at radius 2 is 1.86 bits per heavy atom.